The first kappa shape index (κ1) is 24.6. The summed E-state index contributed by atoms with van der Waals surface area (Å²) in [6.07, 6.45) is -3.88. The van der Waals surface area contributed by atoms with Crippen LogP contribution in [0.15, 0.2) is 23.2 Å². The molecule has 0 spiro atoms. The Hall–Kier alpha value is -1.43. The molecule has 2 aromatic rings. The van der Waals surface area contributed by atoms with Crippen molar-refractivity contribution < 1.29 is 17.6 Å². The molecule has 2 N–H and O–H groups in total. The third-order valence-corrected chi connectivity index (χ3v) is 4.91. The number of halogens is 5. The van der Waals surface area contributed by atoms with E-state index in [4.69, 9.17) is 0 Å². The van der Waals surface area contributed by atoms with Gasteiger partial charge in [-0.15, -0.1) is 35.3 Å². The number of thiazole rings is 1. The van der Waals surface area contributed by atoms with Crippen LogP contribution in [-0.2, 0) is 19.1 Å². The summed E-state index contributed by atoms with van der Waals surface area (Å²) in [6.45, 7) is 6.70. The summed E-state index contributed by atoms with van der Waals surface area (Å²) in [5.74, 6) is -0.510. The first-order valence-corrected chi connectivity index (χ1v) is 9.33. The number of aromatic nitrogens is 1. The van der Waals surface area contributed by atoms with E-state index in [1.54, 1.807) is 11.3 Å². The highest BCUT2D eigenvalue weighted by atomic mass is 127. The zero-order valence-electron chi connectivity index (χ0n) is 15.8. The molecule has 0 fully saturated rings. The number of rotatable bonds is 6. The maximum Gasteiger partial charge on any atom is 0.416 e. The molecule has 0 amide bonds. The van der Waals surface area contributed by atoms with Crippen molar-refractivity contribution in [2.75, 3.05) is 13.1 Å². The van der Waals surface area contributed by atoms with Crippen molar-refractivity contribution in [3.8, 4) is 0 Å². The van der Waals surface area contributed by atoms with Crippen molar-refractivity contribution in [1.29, 1.82) is 0 Å². The lowest BCUT2D eigenvalue weighted by atomic mass is 10.1. The summed E-state index contributed by atoms with van der Waals surface area (Å²) in [5, 5.41) is 7.11. The number of hydrogen-bond donors (Lipinski definition) is 2. The highest BCUT2D eigenvalue weighted by Crippen LogP contribution is 2.32. The Morgan fingerprint density at radius 1 is 1.21 bits per heavy atom. The molecule has 10 heteroatoms. The van der Waals surface area contributed by atoms with E-state index >= 15 is 0 Å². The van der Waals surface area contributed by atoms with Gasteiger partial charge >= 0.3 is 6.18 Å². The number of nitrogens with one attached hydrogen (secondary N) is 2. The minimum Gasteiger partial charge on any atom is -0.357 e. The molecule has 0 bridgehead atoms. The standard InChI is InChI=1S/C18H22F4N4S.HI/c1-4-23-17(24-8-7-16-11(2)26-12(3)27-16)25-10-13-5-6-14(19)9-15(13)18(20,21)22;/h5-6,9H,4,7-8,10H2,1-3H3,(H2,23,24,25);1H. The average molecular weight is 530 g/mol. The van der Waals surface area contributed by atoms with Crippen LogP contribution in [0.4, 0.5) is 17.6 Å². The molecule has 1 heterocycles. The Labute approximate surface area is 182 Å². The van der Waals surface area contributed by atoms with E-state index < -0.39 is 17.6 Å². The number of guanidine groups is 1. The molecule has 0 aliphatic heterocycles. The van der Waals surface area contributed by atoms with Gasteiger partial charge in [0.1, 0.15) is 5.82 Å². The van der Waals surface area contributed by atoms with Gasteiger partial charge in [0.2, 0.25) is 0 Å². The molecule has 0 unspecified atom stereocenters. The SMILES string of the molecule is CCNC(=NCc1ccc(F)cc1C(F)(F)F)NCCc1sc(C)nc1C.I. The molecule has 4 nitrogen and oxygen atoms in total. The fraction of sp³-hybridized carbons (Fsp3) is 0.444. The van der Waals surface area contributed by atoms with Gasteiger partial charge in [0.25, 0.3) is 0 Å². The molecule has 0 saturated heterocycles. The lowest BCUT2D eigenvalue weighted by Gasteiger charge is -2.14. The van der Waals surface area contributed by atoms with Gasteiger partial charge in [-0.05, 0) is 38.5 Å². The second kappa shape index (κ2) is 10.9. The van der Waals surface area contributed by atoms with E-state index in [9.17, 15) is 17.6 Å². The molecule has 28 heavy (non-hydrogen) atoms. The number of aryl methyl sites for hydroxylation is 2. The lowest BCUT2D eigenvalue weighted by Crippen LogP contribution is -2.38. The fourth-order valence-electron chi connectivity index (χ4n) is 2.56. The number of hydrogen-bond acceptors (Lipinski definition) is 3. The van der Waals surface area contributed by atoms with Crippen molar-refractivity contribution in [3.05, 3.63) is 50.7 Å². The predicted molar refractivity (Wildman–Crippen MR) is 115 cm³/mol. The summed E-state index contributed by atoms with van der Waals surface area (Å²) in [4.78, 5) is 9.74. The zero-order valence-corrected chi connectivity index (χ0v) is 18.9. The topological polar surface area (TPSA) is 49.3 Å². The summed E-state index contributed by atoms with van der Waals surface area (Å²) in [5.41, 5.74) is -0.0877. The van der Waals surface area contributed by atoms with Gasteiger partial charge in [-0.3, -0.25) is 0 Å². The van der Waals surface area contributed by atoms with E-state index in [1.807, 2.05) is 20.8 Å². The van der Waals surface area contributed by atoms with Gasteiger partial charge in [-0.1, -0.05) is 6.07 Å². The van der Waals surface area contributed by atoms with Gasteiger partial charge < -0.3 is 10.6 Å². The average Bonchev–Trinajstić information content (AvgIpc) is 2.90. The molecule has 1 aromatic carbocycles. The molecule has 0 aliphatic rings. The summed E-state index contributed by atoms with van der Waals surface area (Å²) >= 11 is 1.62. The van der Waals surface area contributed by atoms with Crippen LogP contribution in [0.25, 0.3) is 0 Å². The molecular weight excluding hydrogens is 507 g/mol. The highest BCUT2D eigenvalue weighted by molar-refractivity contribution is 14.0. The van der Waals surface area contributed by atoms with E-state index in [2.05, 4.69) is 20.6 Å². The highest BCUT2D eigenvalue weighted by Gasteiger charge is 2.33. The van der Waals surface area contributed by atoms with Crippen LogP contribution < -0.4 is 10.6 Å². The van der Waals surface area contributed by atoms with Crippen molar-refractivity contribution in [2.45, 2.75) is 39.9 Å². The lowest BCUT2D eigenvalue weighted by molar-refractivity contribution is -0.138. The Morgan fingerprint density at radius 2 is 1.93 bits per heavy atom. The molecule has 0 aliphatic carbocycles. The number of alkyl halides is 3. The second-order valence-electron chi connectivity index (χ2n) is 5.91. The third kappa shape index (κ3) is 7.19. The third-order valence-electron chi connectivity index (χ3n) is 3.77. The Balaban J connectivity index is 0.00000392. The summed E-state index contributed by atoms with van der Waals surface area (Å²) in [6, 6.07) is 2.63. The Morgan fingerprint density at radius 3 is 2.50 bits per heavy atom. The maximum absolute atomic E-state index is 13.2. The van der Waals surface area contributed by atoms with Crippen LogP contribution >= 0.6 is 35.3 Å². The summed E-state index contributed by atoms with van der Waals surface area (Å²) in [7, 11) is 0. The van der Waals surface area contributed by atoms with Gasteiger partial charge in [0.05, 0.1) is 22.8 Å². The molecule has 1 aromatic heterocycles. The minimum absolute atomic E-state index is 0. The van der Waals surface area contributed by atoms with Crippen LogP contribution in [0.3, 0.4) is 0 Å². The number of aliphatic imine (C=N–C) groups is 1. The van der Waals surface area contributed by atoms with Gasteiger partial charge in [-0.25, -0.2) is 14.4 Å². The van der Waals surface area contributed by atoms with Crippen molar-refractivity contribution in [2.24, 2.45) is 4.99 Å². The van der Waals surface area contributed by atoms with Crippen molar-refractivity contribution in [1.82, 2.24) is 15.6 Å². The quantitative estimate of drug-likeness (QED) is 0.244. The number of nitrogens with zero attached hydrogens (tertiary/aromatic N) is 2. The van der Waals surface area contributed by atoms with E-state index in [1.165, 1.54) is 0 Å². The van der Waals surface area contributed by atoms with Gasteiger partial charge in [0, 0.05) is 24.4 Å². The maximum atomic E-state index is 13.2. The van der Waals surface area contributed by atoms with E-state index in [0.717, 1.165) is 34.1 Å². The monoisotopic (exact) mass is 530 g/mol. The van der Waals surface area contributed by atoms with Crippen LogP contribution in [0.2, 0.25) is 0 Å². The van der Waals surface area contributed by atoms with Gasteiger partial charge in [-0.2, -0.15) is 13.2 Å². The molecular formula is C18H23F4IN4S. The van der Waals surface area contributed by atoms with E-state index in [-0.39, 0.29) is 36.1 Å². The molecule has 2 rings (SSSR count). The minimum atomic E-state index is -4.62. The van der Waals surface area contributed by atoms with Crippen molar-refractivity contribution in [3.63, 3.8) is 0 Å². The Bertz CT molecular complexity index is 805. The molecule has 0 saturated carbocycles. The fourth-order valence-corrected chi connectivity index (χ4v) is 3.49. The van der Waals surface area contributed by atoms with Crippen LogP contribution in [0.5, 0.6) is 0 Å². The molecule has 0 radical (unpaired) electrons. The number of benzene rings is 1. The van der Waals surface area contributed by atoms with Crippen molar-refractivity contribution >= 4 is 41.3 Å². The smallest absolute Gasteiger partial charge is 0.357 e. The first-order valence-electron chi connectivity index (χ1n) is 8.51. The van der Waals surface area contributed by atoms with E-state index in [0.29, 0.717) is 25.1 Å². The second-order valence-corrected chi connectivity index (χ2v) is 7.20. The van der Waals surface area contributed by atoms with Gasteiger partial charge in [0.15, 0.2) is 5.96 Å². The normalized spacial score (nSPS) is 11.9. The predicted octanol–water partition coefficient (Wildman–Crippen LogP) is 4.83. The first-order chi connectivity index (χ1) is 12.7. The van der Waals surface area contributed by atoms with Crippen LogP contribution in [-0.4, -0.2) is 24.0 Å². The molecule has 156 valence electrons. The van der Waals surface area contributed by atoms with Crippen LogP contribution in [0.1, 0.15) is 33.6 Å². The van der Waals surface area contributed by atoms with Crippen LogP contribution in [0, 0.1) is 19.7 Å². The summed E-state index contributed by atoms with van der Waals surface area (Å²) < 4.78 is 52.4. The molecule has 0 atom stereocenters. The zero-order chi connectivity index (χ0) is 20.0. The largest absolute Gasteiger partial charge is 0.416 e. The Kier molecular flexibility index (Phi) is 9.61.